The van der Waals surface area contributed by atoms with Crippen LogP contribution in [0.3, 0.4) is 0 Å². The highest BCUT2D eigenvalue weighted by molar-refractivity contribution is 5.87. The Morgan fingerprint density at radius 3 is 2.64 bits per heavy atom. The van der Waals surface area contributed by atoms with Gasteiger partial charge in [-0.1, -0.05) is 13.8 Å². The molecule has 130 valence electrons. The molecule has 0 aliphatic carbocycles. The van der Waals surface area contributed by atoms with Crippen molar-refractivity contribution in [3.8, 4) is 5.69 Å². The predicted octanol–water partition coefficient (Wildman–Crippen LogP) is 2.00. The van der Waals surface area contributed by atoms with E-state index in [0.717, 1.165) is 11.3 Å². The second-order valence-corrected chi connectivity index (χ2v) is 6.10. The van der Waals surface area contributed by atoms with Crippen molar-refractivity contribution >= 4 is 17.0 Å². The molecule has 2 N–H and O–H groups in total. The van der Waals surface area contributed by atoms with Crippen molar-refractivity contribution in [2.45, 2.75) is 26.3 Å². The molecular weight excluding hydrogens is 322 g/mol. The SMILES string of the molecule is CC(C)c1nc2cc(-n3cc(C(=O)O)ccc3=O)ccc2n1CCO. The van der Waals surface area contributed by atoms with Crippen LogP contribution in [0.15, 0.2) is 41.3 Å². The van der Waals surface area contributed by atoms with E-state index in [9.17, 15) is 14.7 Å². The van der Waals surface area contributed by atoms with Gasteiger partial charge in [-0.15, -0.1) is 0 Å². The van der Waals surface area contributed by atoms with Gasteiger partial charge >= 0.3 is 5.97 Å². The number of rotatable bonds is 5. The van der Waals surface area contributed by atoms with Crippen LogP contribution in [-0.2, 0) is 6.54 Å². The van der Waals surface area contributed by atoms with Gasteiger partial charge in [0.05, 0.1) is 28.9 Å². The highest BCUT2D eigenvalue weighted by Crippen LogP contribution is 2.23. The van der Waals surface area contributed by atoms with Crippen LogP contribution in [0.4, 0.5) is 0 Å². The first-order valence-electron chi connectivity index (χ1n) is 7.99. The minimum Gasteiger partial charge on any atom is -0.478 e. The van der Waals surface area contributed by atoms with E-state index in [-0.39, 0.29) is 23.6 Å². The number of benzene rings is 1. The number of aromatic carboxylic acids is 1. The first-order chi connectivity index (χ1) is 11.9. The molecule has 2 aromatic heterocycles. The minimum absolute atomic E-state index is 0.00699. The molecule has 2 heterocycles. The summed E-state index contributed by atoms with van der Waals surface area (Å²) in [7, 11) is 0. The highest BCUT2D eigenvalue weighted by atomic mass is 16.4. The Morgan fingerprint density at radius 2 is 2.00 bits per heavy atom. The summed E-state index contributed by atoms with van der Waals surface area (Å²) in [6.45, 7) is 4.50. The number of fused-ring (bicyclic) bond motifs is 1. The molecule has 0 aliphatic rings. The fourth-order valence-electron chi connectivity index (χ4n) is 2.88. The molecular formula is C18H19N3O4. The molecule has 3 aromatic rings. The van der Waals surface area contributed by atoms with Crippen molar-refractivity contribution in [3.63, 3.8) is 0 Å². The number of carboxylic acid groups (broad SMARTS) is 1. The topological polar surface area (TPSA) is 97.4 Å². The maximum atomic E-state index is 12.1. The van der Waals surface area contributed by atoms with E-state index in [4.69, 9.17) is 5.11 Å². The third-order valence-electron chi connectivity index (χ3n) is 4.04. The van der Waals surface area contributed by atoms with Crippen LogP contribution < -0.4 is 5.56 Å². The van der Waals surface area contributed by atoms with Gasteiger partial charge in [0.2, 0.25) is 0 Å². The zero-order valence-electron chi connectivity index (χ0n) is 14.0. The van der Waals surface area contributed by atoms with E-state index in [1.807, 2.05) is 24.5 Å². The van der Waals surface area contributed by atoms with Crippen LogP contribution in [0.1, 0.15) is 35.9 Å². The number of carbonyl (C=O) groups is 1. The number of imidazole rings is 1. The van der Waals surface area contributed by atoms with Crippen molar-refractivity contribution in [1.82, 2.24) is 14.1 Å². The Morgan fingerprint density at radius 1 is 1.24 bits per heavy atom. The Kier molecular flexibility index (Phi) is 4.41. The maximum Gasteiger partial charge on any atom is 0.337 e. The van der Waals surface area contributed by atoms with Gasteiger partial charge in [0.25, 0.3) is 5.56 Å². The molecule has 25 heavy (non-hydrogen) atoms. The number of hydrogen-bond acceptors (Lipinski definition) is 4. The van der Waals surface area contributed by atoms with Crippen molar-refractivity contribution in [2.75, 3.05) is 6.61 Å². The van der Waals surface area contributed by atoms with Gasteiger partial charge in [-0.2, -0.15) is 0 Å². The van der Waals surface area contributed by atoms with Crippen molar-refractivity contribution in [3.05, 3.63) is 58.3 Å². The minimum atomic E-state index is -1.09. The third kappa shape index (κ3) is 3.06. The molecule has 0 amide bonds. The molecule has 0 spiro atoms. The van der Waals surface area contributed by atoms with E-state index in [1.165, 1.54) is 22.9 Å². The number of aliphatic hydroxyl groups excluding tert-OH is 1. The zero-order valence-corrected chi connectivity index (χ0v) is 14.0. The molecule has 0 radical (unpaired) electrons. The van der Waals surface area contributed by atoms with Gasteiger partial charge in [0.15, 0.2) is 0 Å². The molecule has 1 aromatic carbocycles. The van der Waals surface area contributed by atoms with Crippen LogP contribution in [-0.4, -0.2) is 36.9 Å². The summed E-state index contributed by atoms with van der Waals surface area (Å²) in [5.41, 5.74) is 1.83. The van der Waals surface area contributed by atoms with Crippen LogP contribution >= 0.6 is 0 Å². The van der Waals surface area contributed by atoms with Gasteiger partial charge in [-0.25, -0.2) is 9.78 Å². The lowest BCUT2D eigenvalue weighted by molar-refractivity contribution is 0.0696. The van der Waals surface area contributed by atoms with Gasteiger partial charge < -0.3 is 14.8 Å². The lowest BCUT2D eigenvalue weighted by Crippen LogP contribution is -2.18. The molecule has 0 aliphatic heterocycles. The lowest BCUT2D eigenvalue weighted by atomic mass is 10.2. The summed E-state index contributed by atoms with van der Waals surface area (Å²) in [5, 5.41) is 18.4. The van der Waals surface area contributed by atoms with E-state index in [0.29, 0.717) is 17.7 Å². The van der Waals surface area contributed by atoms with Gasteiger partial charge in [-0.05, 0) is 24.3 Å². The normalized spacial score (nSPS) is 11.4. The summed E-state index contributed by atoms with van der Waals surface area (Å²) in [6.07, 6.45) is 1.31. The average molecular weight is 341 g/mol. The van der Waals surface area contributed by atoms with Crippen molar-refractivity contribution in [2.24, 2.45) is 0 Å². The molecule has 0 saturated carbocycles. The summed E-state index contributed by atoms with van der Waals surface area (Å²) in [4.78, 5) is 27.9. The molecule has 7 heteroatoms. The standard InChI is InChI=1S/C18H19N3O4/c1-11(2)17-19-14-9-13(4-5-15(14)20(17)7-8-22)21-10-12(18(24)25)3-6-16(21)23/h3-6,9-11,22H,7-8H2,1-2H3,(H,24,25). The Labute approximate surface area is 143 Å². The fraction of sp³-hybridized carbons (Fsp3) is 0.278. The number of hydrogen-bond donors (Lipinski definition) is 2. The van der Waals surface area contributed by atoms with Crippen LogP contribution in [0.5, 0.6) is 0 Å². The lowest BCUT2D eigenvalue weighted by Gasteiger charge is -2.10. The number of aromatic nitrogens is 3. The predicted molar refractivity (Wildman–Crippen MR) is 93.5 cm³/mol. The van der Waals surface area contributed by atoms with E-state index >= 15 is 0 Å². The van der Waals surface area contributed by atoms with Gasteiger partial charge in [-0.3, -0.25) is 9.36 Å². The van der Waals surface area contributed by atoms with Gasteiger partial charge in [0.1, 0.15) is 5.82 Å². The van der Waals surface area contributed by atoms with E-state index < -0.39 is 5.97 Å². The summed E-state index contributed by atoms with van der Waals surface area (Å²) < 4.78 is 3.25. The first kappa shape index (κ1) is 16.9. The number of carboxylic acids is 1. The Bertz CT molecular complexity index is 1000. The average Bonchev–Trinajstić information content (AvgIpc) is 2.93. The van der Waals surface area contributed by atoms with Crippen molar-refractivity contribution in [1.29, 1.82) is 0 Å². The second-order valence-electron chi connectivity index (χ2n) is 6.10. The van der Waals surface area contributed by atoms with Crippen LogP contribution in [0.25, 0.3) is 16.7 Å². The fourth-order valence-corrected chi connectivity index (χ4v) is 2.88. The number of nitrogens with zero attached hydrogens (tertiary/aromatic N) is 3. The zero-order chi connectivity index (χ0) is 18.1. The van der Waals surface area contributed by atoms with Crippen LogP contribution in [0.2, 0.25) is 0 Å². The maximum absolute atomic E-state index is 12.1. The first-order valence-corrected chi connectivity index (χ1v) is 7.99. The summed E-state index contributed by atoms with van der Waals surface area (Å²) in [5.74, 6) is -0.0579. The molecule has 0 bridgehead atoms. The highest BCUT2D eigenvalue weighted by Gasteiger charge is 2.15. The summed E-state index contributed by atoms with van der Waals surface area (Å²) in [6, 6.07) is 7.85. The van der Waals surface area contributed by atoms with E-state index in [2.05, 4.69) is 4.98 Å². The number of pyridine rings is 1. The third-order valence-corrected chi connectivity index (χ3v) is 4.04. The van der Waals surface area contributed by atoms with E-state index in [1.54, 1.807) is 12.1 Å². The van der Waals surface area contributed by atoms with Crippen molar-refractivity contribution < 1.29 is 15.0 Å². The molecule has 7 nitrogen and oxygen atoms in total. The molecule has 0 atom stereocenters. The largest absolute Gasteiger partial charge is 0.478 e. The monoisotopic (exact) mass is 341 g/mol. The Balaban J connectivity index is 2.18. The molecule has 0 unspecified atom stereocenters. The molecule has 0 fully saturated rings. The number of aliphatic hydroxyl groups is 1. The smallest absolute Gasteiger partial charge is 0.337 e. The molecule has 0 saturated heterocycles. The Hall–Kier alpha value is -2.93. The quantitative estimate of drug-likeness (QED) is 0.740. The molecule has 3 rings (SSSR count). The second kappa shape index (κ2) is 6.52. The summed E-state index contributed by atoms with van der Waals surface area (Å²) >= 11 is 0. The van der Waals surface area contributed by atoms with Gasteiger partial charge in [0, 0.05) is 24.7 Å². The van der Waals surface area contributed by atoms with Crippen LogP contribution in [0, 0.1) is 0 Å².